The lowest BCUT2D eigenvalue weighted by Crippen LogP contribution is -2.45. The van der Waals surface area contributed by atoms with Crippen LogP contribution in [0, 0.1) is 0 Å². The molecule has 4 heteroatoms. The van der Waals surface area contributed by atoms with Gasteiger partial charge < -0.3 is 15.5 Å². The van der Waals surface area contributed by atoms with E-state index in [-0.39, 0.29) is 12.5 Å². The Morgan fingerprint density at radius 3 is 1.05 bits per heavy atom. The number of unbranched alkanes of at least 4 members (excludes halogenated alkanes) is 34. The molecule has 0 aromatic rings. The van der Waals surface area contributed by atoms with Crippen molar-refractivity contribution in [1.29, 1.82) is 0 Å². The molecule has 0 aliphatic heterocycles. The van der Waals surface area contributed by atoms with Gasteiger partial charge in [0, 0.05) is 6.42 Å². The molecule has 3 N–H and O–H groups in total. The summed E-state index contributed by atoms with van der Waals surface area (Å²) in [4.78, 5) is 12.4. The molecule has 0 rings (SSSR count). The first-order chi connectivity index (χ1) is 27.2. The van der Waals surface area contributed by atoms with Crippen LogP contribution < -0.4 is 5.32 Å². The molecule has 0 fully saturated rings. The standard InChI is InChI=1S/C51H97NO3/c1-3-5-7-9-11-13-15-17-19-21-23-24-25-26-27-28-29-30-32-34-36-38-40-42-44-46-50(54)49(48-53)52-51(55)47-45-43-41-39-37-35-33-31-22-20-18-16-14-12-10-8-6-4-2/h29-30,36,38,44,46,49-50,53-54H,3-28,31-35,37,39-43,45,47-48H2,1-2H3,(H,52,55)/b30-29+,38-36+,46-44+. The maximum Gasteiger partial charge on any atom is 0.220 e. The summed E-state index contributed by atoms with van der Waals surface area (Å²) in [5.41, 5.74) is 0. The third kappa shape index (κ3) is 43.6. The summed E-state index contributed by atoms with van der Waals surface area (Å²) in [5, 5.41) is 23.1. The summed E-state index contributed by atoms with van der Waals surface area (Å²) in [6, 6.07) is -0.643. The Balaban J connectivity index is 3.58. The number of carbonyl (C=O) groups excluding carboxylic acids is 1. The first-order valence-corrected chi connectivity index (χ1v) is 24.7. The van der Waals surface area contributed by atoms with Gasteiger partial charge in [0.25, 0.3) is 0 Å². The fraction of sp³-hybridized carbons (Fsp3) is 0.863. The number of aliphatic hydroxyl groups is 2. The van der Waals surface area contributed by atoms with Crippen molar-refractivity contribution in [1.82, 2.24) is 5.32 Å². The number of amides is 1. The first kappa shape index (κ1) is 53.6. The molecule has 0 spiro atoms. The van der Waals surface area contributed by atoms with Crippen LogP contribution in [0.5, 0.6) is 0 Å². The smallest absolute Gasteiger partial charge is 0.220 e. The molecule has 0 aromatic heterocycles. The van der Waals surface area contributed by atoms with Gasteiger partial charge in [-0.1, -0.05) is 249 Å². The highest BCUT2D eigenvalue weighted by molar-refractivity contribution is 5.76. The van der Waals surface area contributed by atoms with Crippen molar-refractivity contribution in [3.63, 3.8) is 0 Å². The van der Waals surface area contributed by atoms with Gasteiger partial charge in [-0.15, -0.1) is 0 Å². The number of aliphatic hydroxyl groups excluding tert-OH is 2. The maximum absolute atomic E-state index is 12.4. The van der Waals surface area contributed by atoms with Gasteiger partial charge >= 0.3 is 0 Å². The largest absolute Gasteiger partial charge is 0.394 e. The van der Waals surface area contributed by atoms with Crippen LogP contribution in [0.15, 0.2) is 36.5 Å². The van der Waals surface area contributed by atoms with E-state index in [1.807, 2.05) is 6.08 Å². The Hall–Kier alpha value is -1.39. The molecule has 0 aromatic carbocycles. The highest BCUT2D eigenvalue weighted by Crippen LogP contribution is 2.16. The fourth-order valence-electron chi connectivity index (χ4n) is 7.56. The molecule has 1 amide bonds. The number of nitrogens with one attached hydrogen (secondary N) is 1. The molecule has 0 saturated heterocycles. The van der Waals surface area contributed by atoms with E-state index in [1.165, 1.54) is 205 Å². The van der Waals surface area contributed by atoms with E-state index >= 15 is 0 Å². The van der Waals surface area contributed by atoms with Gasteiger partial charge in [-0.2, -0.15) is 0 Å². The molecular formula is C51H97NO3. The molecule has 0 radical (unpaired) electrons. The summed E-state index contributed by atoms with van der Waals surface area (Å²) in [6.07, 6.45) is 62.8. The highest BCUT2D eigenvalue weighted by atomic mass is 16.3. The van der Waals surface area contributed by atoms with Crippen LogP contribution in [0.1, 0.15) is 264 Å². The van der Waals surface area contributed by atoms with Crippen molar-refractivity contribution in [2.75, 3.05) is 6.61 Å². The van der Waals surface area contributed by atoms with Crippen molar-refractivity contribution < 1.29 is 15.0 Å². The molecule has 4 nitrogen and oxygen atoms in total. The second-order valence-corrected chi connectivity index (χ2v) is 16.9. The van der Waals surface area contributed by atoms with Crippen LogP contribution in [-0.2, 0) is 4.79 Å². The number of rotatable bonds is 45. The van der Waals surface area contributed by atoms with Gasteiger partial charge in [-0.3, -0.25) is 4.79 Å². The normalized spacial score (nSPS) is 13.2. The van der Waals surface area contributed by atoms with Crippen LogP contribution in [-0.4, -0.2) is 34.9 Å². The lowest BCUT2D eigenvalue weighted by Gasteiger charge is -2.19. The highest BCUT2D eigenvalue weighted by Gasteiger charge is 2.17. The Bertz CT molecular complexity index is 836. The third-order valence-electron chi connectivity index (χ3n) is 11.4. The van der Waals surface area contributed by atoms with Crippen molar-refractivity contribution in [2.45, 2.75) is 276 Å². The summed E-state index contributed by atoms with van der Waals surface area (Å²) >= 11 is 0. The number of allylic oxidation sites excluding steroid dienone is 5. The van der Waals surface area contributed by atoms with E-state index in [2.05, 4.69) is 43.5 Å². The number of hydrogen-bond donors (Lipinski definition) is 3. The maximum atomic E-state index is 12.4. The van der Waals surface area contributed by atoms with Crippen molar-refractivity contribution in [3.05, 3.63) is 36.5 Å². The summed E-state index contributed by atoms with van der Waals surface area (Å²) in [5.74, 6) is -0.0743. The van der Waals surface area contributed by atoms with Crippen LogP contribution in [0.4, 0.5) is 0 Å². The average Bonchev–Trinajstić information content (AvgIpc) is 3.19. The molecule has 0 saturated carbocycles. The minimum Gasteiger partial charge on any atom is -0.394 e. The van der Waals surface area contributed by atoms with Gasteiger partial charge in [0.2, 0.25) is 5.91 Å². The second-order valence-electron chi connectivity index (χ2n) is 16.9. The Labute approximate surface area is 344 Å². The van der Waals surface area contributed by atoms with Crippen LogP contribution in [0.25, 0.3) is 0 Å². The molecule has 0 aliphatic rings. The minimum atomic E-state index is -0.868. The van der Waals surface area contributed by atoms with Gasteiger partial charge in [-0.05, 0) is 44.9 Å². The third-order valence-corrected chi connectivity index (χ3v) is 11.4. The predicted molar refractivity (Wildman–Crippen MR) is 244 cm³/mol. The first-order valence-electron chi connectivity index (χ1n) is 24.7. The fourth-order valence-corrected chi connectivity index (χ4v) is 7.56. The lowest BCUT2D eigenvalue weighted by atomic mass is 10.0. The van der Waals surface area contributed by atoms with Gasteiger partial charge in [0.1, 0.15) is 0 Å². The lowest BCUT2D eigenvalue weighted by molar-refractivity contribution is -0.123. The van der Waals surface area contributed by atoms with Crippen LogP contribution in [0.2, 0.25) is 0 Å². The molecule has 324 valence electrons. The van der Waals surface area contributed by atoms with E-state index < -0.39 is 12.1 Å². The topological polar surface area (TPSA) is 69.6 Å². The molecular weight excluding hydrogens is 675 g/mol. The van der Waals surface area contributed by atoms with E-state index in [9.17, 15) is 15.0 Å². The molecule has 0 heterocycles. The summed E-state index contributed by atoms with van der Waals surface area (Å²) in [7, 11) is 0. The Morgan fingerprint density at radius 2 is 0.709 bits per heavy atom. The summed E-state index contributed by atoms with van der Waals surface area (Å²) in [6.45, 7) is 4.32. The van der Waals surface area contributed by atoms with Crippen LogP contribution in [0.3, 0.4) is 0 Å². The van der Waals surface area contributed by atoms with Gasteiger partial charge in [0.15, 0.2) is 0 Å². The van der Waals surface area contributed by atoms with E-state index in [1.54, 1.807) is 6.08 Å². The molecule has 0 aliphatic carbocycles. The van der Waals surface area contributed by atoms with Gasteiger partial charge in [-0.25, -0.2) is 0 Å². The van der Waals surface area contributed by atoms with Gasteiger partial charge in [0.05, 0.1) is 18.8 Å². The second kappa shape index (κ2) is 47.0. The SMILES string of the molecule is CCCCCCCCCCCCCCCCC/C=C/CC/C=C/CC/C=C/C(O)C(CO)NC(=O)CCCCCCCCCCCCCCCCCCCC. The average molecular weight is 772 g/mol. The summed E-state index contributed by atoms with van der Waals surface area (Å²) < 4.78 is 0. The molecule has 2 atom stereocenters. The number of hydrogen-bond acceptors (Lipinski definition) is 3. The Kier molecular flexibility index (Phi) is 45.8. The zero-order chi connectivity index (χ0) is 40.0. The quantitative estimate of drug-likeness (QED) is 0.0426. The van der Waals surface area contributed by atoms with Crippen molar-refractivity contribution in [3.8, 4) is 0 Å². The van der Waals surface area contributed by atoms with E-state index in [4.69, 9.17) is 0 Å². The zero-order valence-electron chi connectivity index (χ0n) is 37.2. The Morgan fingerprint density at radius 1 is 0.418 bits per heavy atom. The minimum absolute atomic E-state index is 0.0743. The zero-order valence-corrected chi connectivity index (χ0v) is 37.2. The van der Waals surface area contributed by atoms with E-state index in [0.717, 1.165) is 38.5 Å². The van der Waals surface area contributed by atoms with Crippen molar-refractivity contribution >= 4 is 5.91 Å². The van der Waals surface area contributed by atoms with E-state index in [0.29, 0.717) is 6.42 Å². The number of carbonyl (C=O) groups is 1. The molecule has 55 heavy (non-hydrogen) atoms. The predicted octanol–water partition coefficient (Wildman–Crippen LogP) is 15.7. The van der Waals surface area contributed by atoms with Crippen molar-refractivity contribution in [2.24, 2.45) is 0 Å². The molecule has 2 unspecified atom stereocenters. The monoisotopic (exact) mass is 772 g/mol. The molecule has 0 bridgehead atoms. The van der Waals surface area contributed by atoms with Crippen LogP contribution >= 0.6 is 0 Å².